The molecule has 4 rings (SSSR count). The maximum Gasteiger partial charge on any atom is 0.338 e. The molecule has 1 atom stereocenters. The van der Waals surface area contributed by atoms with E-state index in [1.807, 2.05) is 28.6 Å². The smallest absolute Gasteiger partial charge is 0.338 e. The summed E-state index contributed by atoms with van der Waals surface area (Å²) < 4.78 is 11.0. The molecule has 0 saturated heterocycles. The number of amides is 1. The number of nitrogens with one attached hydrogen (secondary N) is 1. The fourth-order valence-electron chi connectivity index (χ4n) is 3.60. The molecule has 34 heavy (non-hydrogen) atoms. The van der Waals surface area contributed by atoms with Crippen molar-refractivity contribution >= 4 is 57.7 Å². The van der Waals surface area contributed by atoms with Gasteiger partial charge in [0, 0.05) is 11.2 Å². The van der Waals surface area contributed by atoms with Crippen LogP contribution in [0.1, 0.15) is 25.5 Å². The molecule has 0 saturated carbocycles. The van der Waals surface area contributed by atoms with Gasteiger partial charge >= 0.3 is 5.97 Å². The lowest BCUT2D eigenvalue weighted by molar-refractivity contribution is -0.139. The standard InChI is InChI=1S/C24H21Cl2N3O4S/c1-3-32-23(31)21-14(2)27-24-29(9-10-34-24)22(21)15-5-4-6-17(11-15)33-13-20(30)28-19-8-7-16(25)12-18(19)26/h4-12,22H,3,13H2,1-2H3,(H,28,30)/t22-/m1/s1. The molecule has 0 spiro atoms. The van der Waals surface area contributed by atoms with Gasteiger partial charge in [0.15, 0.2) is 11.8 Å². The number of hydrogen-bond donors (Lipinski definition) is 1. The van der Waals surface area contributed by atoms with E-state index in [2.05, 4.69) is 10.3 Å². The summed E-state index contributed by atoms with van der Waals surface area (Å²) in [4.78, 5) is 31.7. The minimum Gasteiger partial charge on any atom is -0.484 e. The lowest BCUT2D eigenvalue weighted by Crippen LogP contribution is -2.34. The Morgan fingerprint density at radius 2 is 2.03 bits per heavy atom. The van der Waals surface area contributed by atoms with E-state index in [4.69, 9.17) is 32.7 Å². The van der Waals surface area contributed by atoms with Crippen LogP contribution in [0.5, 0.6) is 5.75 Å². The zero-order valence-electron chi connectivity index (χ0n) is 18.4. The van der Waals surface area contributed by atoms with Crippen molar-refractivity contribution in [2.75, 3.05) is 18.5 Å². The molecule has 0 unspecified atom stereocenters. The van der Waals surface area contributed by atoms with E-state index < -0.39 is 12.0 Å². The molecule has 2 aromatic carbocycles. The van der Waals surface area contributed by atoms with Gasteiger partial charge in [-0.1, -0.05) is 47.1 Å². The molecule has 0 aliphatic carbocycles. The van der Waals surface area contributed by atoms with Crippen LogP contribution >= 0.6 is 35.0 Å². The summed E-state index contributed by atoms with van der Waals surface area (Å²) >= 11 is 13.5. The van der Waals surface area contributed by atoms with Crippen LogP contribution in [0.25, 0.3) is 0 Å². The molecule has 1 amide bonds. The van der Waals surface area contributed by atoms with Gasteiger partial charge in [-0.3, -0.25) is 4.79 Å². The maximum atomic E-state index is 12.8. The van der Waals surface area contributed by atoms with Crippen LogP contribution < -0.4 is 10.1 Å². The SMILES string of the molecule is CCOC(=O)C1=C(C)N=C2SC=CN2[C@@H]1c1cccc(OCC(=O)Nc2ccc(Cl)cc2Cl)c1. The second-order valence-electron chi connectivity index (χ2n) is 7.36. The number of nitrogens with zero attached hydrogens (tertiary/aromatic N) is 2. The van der Waals surface area contributed by atoms with Gasteiger partial charge in [-0.15, -0.1) is 0 Å². The first-order chi connectivity index (χ1) is 16.4. The van der Waals surface area contributed by atoms with Gasteiger partial charge in [0.05, 0.1) is 34.6 Å². The lowest BCUT2D eigenvalue weighted by atomic mass is 9.94. The number of fused-ring (bicyclic) bond motifs is 1. The molecule has 7 nitrogen and oxygen atoms in total. The number of carbonyl (C=O) groups excluding carboxylic acids is 2. The first kappa shape index (κ1) is 24.2. The predicted octanol–water partition coefficient (Wildman–Crippen LogP) is 5.78. The summed E-state index contributed by atoms with van der Waals surface area (Å²) in [6.07, 6.45) is 1.89. The van der Waals surface area contributed by atoms with Crippen LogP contribution in [0.4, 0.5) is 5.69 Å². The molecule has 176 valence electrons. The largest absolute Gasteiger partial charge is 0.484 e. The summed E-state index contributed by atoms with van der Waals surface area (Å²) in [6.45, 7) is 3.61. The summed E-state index contributed by atoms with van der Waals surface area (Å²) in [5.41, 5.74) is 2.32. The summed E-state index contributed by atoms with van der Waals surface area (Å²) in [5, 5.41) is 6.21. The van der Waals surface area contributed by atoms with Crippen molar-refractivity contribution in [3.8, 4) is 5.75 Å². The van der Waals surface area contributed by atoms with Crippen molar-refractivity contribution in [1.29, 1.82) is 0 Å². The molecule has 2 aliphatic rings. The molecule has 0 fully saturated rings. The zero-order chi connectivity index (χ0) is 24.2. The van der Waals surface area contributed by atoms with Crippen LogP contribution in [0.3, 0.4) is 0 Å². The third-order valence-electron chi connectivity index (χ3n) is 5.06. The second kappa shape index (κ2) is 10.5. The van der Waals surface area contributed by atoms with Gasteiger partial charge in [0.1, 0.15) is 5.75 Å². The van der Waals surface area contributed by atoms with Gasteiger partial charge in [-0.2, -0.15) is 0 Å². The fourth-order valence-corrected chi connectivity index (χ4v) is 4.85. The number of anilines is 1. The van der Waals surface area contributed by atoms with Crippen molar-refractivity contribution < 1.29 is 19.1 Å². The van der Waals surface area contributed by atoms with Crippen LogP contribution in [0.2, 0.25) is 10.0 Å². The van der Waals surface area contributed by atoms with E-state index in [0.717, 1.165) is 10.7 Å². The molecule has 2 heterocycles. The Labute approximate surface area is 211 Å². The van der Waals surface area contributed by atoms with E-state index in [1.54, 1.807) is 44.2 Å². The maximum absolute atomic E-state index is 12.8. The molecule has 2 aliphatic heterocycles. The highest BCUT2D eigenvalue weighted by atomic mass is 35.5. The number of hydrogen-bond acceptors (Lipinski definition) is 7. The average Bonchev–Trinajstić information content (AvgIpc) is 3.27. The molecular formula is C24H21Cl2N3O4S. The summed E-state index contributed by atoms with van der Waals surface area (Å²) in [6, 6.07) is 11.6. The van der Waals surface area contributed by atoms with Crippen molar-refractivity contribution in [3.05, 3.63) is 81.0 Å². The van der Waals surface area contributed by atoms with E-state index in [1.165, 1.54) is 11.8 Å². The number of allylic oxidation sites excluding steroid dienone is 1. The number of thioether (sulfide) groups is 1. The Morgan fingerprint density at radius 3 is 2.79 bits per heavy atom. The van der Waals surface area contributed by atoms with Gasteiger partial charge < -0.3 is 19.7 Å². The molecule has 10 heteroatoms. The molecule has 1 N–H and O–H groups in total. The Balaban J connectivity index is 1.52. The Hall–Kier alpha value is -2.94. The first-order valence-corrected chi connectivity index (χ1v) is 12.1. The van der Waals surface area contributed by atoms with Crippen molar-refractivity contribution in [1.82, 2.24) is 4.90 Å². The van der Waals surface area contributed by atoms with Crippen LogP contribution in [0, 0.1) is 0 Å². The van der Waals surface area contributed by atoms with E-state index in [0.29, 0.717) is 32.8 Å². The van der Waals surface area contributed by atoms with Gasteiger partial charge in [0.2, 0.25) is 0 Å². The molecule has 2 aromatic rings. The zero-order valence-corrected chi connectivity index (χ0v) is 20.7. The number of esters is 1. The van der Waals surface area contributed by atoms with Gasteiger partial charge in [0.25, 0.3) is 5.91 Å². The minimum atomic E-state index is -0.428. The fraction of sp³-hybridized carbons (Fsp3) is 0.208. The summed E-state index contributed by atoms with van der Waals surface area (Å²) in [5.74, 6) is -0.303. The normalized spacial score (nSPS) is 16.8. The first-order valence-electron chi connectivity index (χ1n) is 10.4. The second-order valence-corrected chi connectivity index (χ2v) is 9.08. The van der Waals surface area contributed by atoms with E-state index in [9.17, 15) is 9.59 Å². The number of carbonyl (C=O) groups is 2. The number of rotatable bonds is 7. The predicted molar refractivity (Wildman–Crippen MR) is 135 cm³/mol. The number of amidine groups is 1. The number of halogens is 2. The topological polar surface area (TPSA) is 80.2 Å². The van der Waals surface area contributed by atoms with Gasteiger partial charge in [-0.25, -0.2) is 9.79 Å². The third kappa shape index (κ3) is 5.24. The highest BCUT2D eigenvalue weighted by molar-refractivity contribution is 8.16. The molecule has 0 radical (unpaired) electrons. The Bertz CT molecular complexity index is 1230. The van der Waals surface area contributed by atoms with E-state index in [-0.39, 0.29) is 19.1 Å². The molecule has 0 aromatic heterocycles. The third-order valence-corrected chi connectivity index (χ3v) is 6.38. The van der Waals surface area contributed by atoms with Crippen LogP contribution in [-0.2, 0) is 14.3 Å². The van der Waals surface area contributed by atoms with Crippen molar-refractivity contribution in [2.24, 2.45) is 4.99 Å². The van der Waals surface area contributed by atoms with Crippen LogP contribution in [0.15, 0.2) is 70.3 Å². The summed E-state index contributed by atoms with van der Waals surface area (Å²) in [7, 11) is 0. The molecule has 0 bridgehead atoms. The monoisotopic (exact) mass is 517 g/mol. The number of aliphatic imine (C=N–C) groups is 1. The minimum absolute atomic E-state index is 0.223. The Morgan fingerprint density at radius 1 is 1.21 bits per heavy atom. The lowest BCUT2D eigenvalue weighted by Gasteiger charge is -2.33. The Kier molecular flexibility index (Phi) is 7.50. The molecular weight excluding hydrogens is 497 g/mol. The highest BCUT2D eigenvalue weighted by Gasteiger charge is 2.37. The highest BCUT2D eigenvalue weighted by Crippen LogP contribution is 2.41. The quantitative estimate of drug-likeness (QED) is 0.469. The van der Waals surface area contributed by atoms with Gasteiger partial charge in [-0.05, 0) is 55.2 Å². The van der Waals surface area contributed by atoms with Crippen molar-refractivity contribution in [3.63, 3.8) is 0 Å². The number of ether oxygens (including phenoxy) is 2. The van der Waals surface area contributed by atoms with E-state index >= 15 is 0 Å². The average molecular weight is 518 g/mol. The van der Waals surface area contributed by atoms with Crippen molar-refractivity contribution in [2.45, 2.75) is 19.9 Å². The number of benzene rings is 2. The van der Waals surface area contributed by atoms with Crippen LogP contribution in [-0.4, -0.2) is 35.2 Å².